The highest BCUT2D eigenvalue weighted by molar-refractivity contribution is 8.13. The fourth-order valence-electron chi connectivity index (χ4n) is 0.679. The van der Waals surface area contributed by atoms with Crippen LogP contribution >= 0.6 is 11.8 Å². The molecule has 3 nitrogen and oxygen atoms in total. The van der Waals surface area contributed by atoms with E-state index in [9.17, 15) is 0 Å². The molecule has 0 amide bonds. The van der Waals surface area contributed by atoms with Crippen LogP contribution < -0.4 is 0 Å². The lowest BCUT2D eigenvalue weighted by Crippen LogP contribution is -2.19. The Labute approximate surface area is 79.6 Å². The number of nitrogens with zero attached hydrogens (tertiary/aromatic N) is 2. The van der Waals surface area contributed by atoms with Gasteiger partial charge in [-0.05, 0) is 27.1 Å². The molecule has 0 unspecified atom stereocenters. The fraction of sp³-hybridized carbons (Fsp3) is 0.875. The van der Waals surface area contributed by atoms with Crippen LogP contribution in [0.25, 0.3) is 0 Å². The monoisotopic (exact) mass is 189 g/mol. The summed E-state index contributed by atoms with van der Waals surface area (Å²) in [5.74, 6) is 1.04. The van der Waals surface area contributed by atoms with Gasteiger partial charge in [-0.1, -0.05) is 11.8 Å². The molecule has 0 aliphatic heterocycles. The Bertz CT molecular complexity index is 134. The van der Waals surface area contributed by atoms with Gasteiger partial charge in [-0.3, -0.25) is 5.41 Å². The standard InChI is InChI=1S/C8H19N3S/c1-10(2)6-5-7-12-8(9)11(3)4/h9H,5-7H2,1-4H3. The first-order valence-electron chi connectivity index (χ1n) is 4.07. The second-order valence-corrected chi connectivity index (χ2v) is 4.29. The van der Waals surface area contributed by atoms with Gasteiger partial charge < -0.3 is 9.80 Å². The Balaban J connectivity index is 3.26. The molecule has 0 heterocycles. The van der Waals surface area contributed by atoms with Crippen LogP contribution in [0.15, 0.2) is 0 Å². The van der Waals surface area contributed by atoms with Crippen molar-refractivity contribution in [3.63, 3.8) is 0 Å². The van der Waals surface area contributed by atoms with Gasteiger partial charge in [0.05, 0.1) is 0 Å². The van der Waals surface area contributed by atoms with Crippen LogP contribution in [0.3, 0.4) is 0 Å². The molecule has 0 rings (SSSR count). The maximum absolute atomic E-state index is 7.50. The Morgan fingerprint density at radius 3 is 2.25 bits per heavy atom. The van der Waals surface area contributed by atoms with Gasteiger partial charge in [-0.25, -0.2) is 0 Å². The summed E-state index contributed by atoms with van der Waals surface area (Å²) >= 11 is 1.61. The molecule has 0 fully saturated rings. The van der Waals surface area contributed by atoms with Gasteiger partial charge in [0.1, 0.15) is 0 Å². The number of nitrogens with one attached hydrogen (secondary N) is 1. The molecule has 0 aliphatic rings. The number of hydrogen-bond acceptors (Lipinski definition) is 3. The molecule has 0 aromatic carbocycles. The Hall–Kier alpha value is -0.220. The topological polar surface area (TPSA) is 30.3 Å². The van der Waals surface area contributed by atoms with Crippen LogP contribution in [-0.4, -0.2) is 55.5 Å². The fourth-order valence-corrected chi connectivity index (χ4v) is 1.40. The van der Waals surface area contributed by atoms with Crippen molar-refractivity contribution in [1.82, 2.24) is 9.80 Å². The lowest BCUT2D eigenvalue weighted by atomic mass is 10.5. The molecule has 12 heavy (non-hydrogen) atoms. The molecule has 0 saturated carbocycles. The minimum Gasteiger partial charge on any atom is -0.358 e. The van der Waals surface area contributed by atoms with E-state index in [4.69, 9.17) is 5.41 Å². The summed E-state index contributed by atoms with van der Waals surface area (Å²) in [6.45, 7) is 1.10. The minimum atomic E-state index is 0.647. The normalized spacial score (nSPS) is 10.4. The van der Waals surface area contributed by atoms with Gasteiger partial charge >= 0.3 is 0 Å². The van der Waals surface area contributed by atoms with Crippen molar-refractivity contribution in [2.45, 2.75) is 6.42 Å². The summed E-state index contributed by atoms with van der Waals surface area (Å²) in [4.78, 5) is 4.00. The van der Waals surface area contributed by atoms with Crippen molar-refractivity contribution >= 4 is 16.9 Å². The molecule has 0 atom stereocenters. The largest absolute Gasteiger partial charge is 0.358 e. The molecule has 0 spiro atoms. The third kappa shape index (κ3) is 6.49. The van der Waals surface area contributed by atoms with E-state index in [-0.39, 0.29) is 0 Å². The van der Waals surface area contributed by atoms with Crippen molar-refractivity contribution in [2.24, 2.45) is 0 Å². The predicted molar refractivity (Wildman–Crippen MR) is 57.0 cm³/mol. The van der Waals surface area contributed by atoms with E-state index in [1.807, 2.05) is 19.0 Å². The minimum absolute atomic E-state index is 0.647. The highest BCUT2D eigenvalue weighted by atomic mass is 32.2. The molecule has 0 radical (unpaired) electrons. The van der Waals surface area contributed by atoms with Gasteiger partial charge in [-0.2, -0.15) is 0 Å². The Morgan fingerprint density at radius 2 is 1.83 bits per heavy atom. The molecule has 0 aromatic heterocycles. The maximum atomic E-state index is 7.50. The van der Waals surface area contributed by atoms with Crippen molar-refractivity contribution in [2.75, 3.05) is 40.5 Å². The first kappa shape index (κ1) is 11.8. The highest BCUT2D eigenvalue weighted by Crippen LogP contribution is 2.05. The number of thioether (sulfide) groups is 1. The zero-order chi connectivity index (χ0) is 9.56. The van der Waals surface area contributed by atoms with Crippen LogP contribution in [0.2, 0.25) is 0 Å². The van der Waals surface area contributed by atoms with E-state index >= 15 is 0 Å². The highest BCUT2D eigenvalue weighted by Gasteiger charge is 1.99. The molecule has 4 heteroatoms. The van der Waals surface area contributed by atoms with Crippen molar-refractivity contribution in [3.8, 4) is 0 Å². The van der Waals surface area contributed by atoms with Crippen molar-refractivity contribution < 1.29 is 0 Å². The molecule has 1 N–H and O–H groups in total. The number of rotatable bonds is 4. The average Bonchev–Trinajstić information content (AvgIpc) is 1.97. The van der Waals surface area contributed by atoms with Gasteiger partial charge in [0.25, 0.3) is 0 Å². The second-order valence-electron chi connectivity index (χ2n) is 3.20. The predicted octanol–water partition coefficient (Wildman–Crippen LogP) is 1.17. The van der Waals surface area contributed by atoms with E-state index < -0.39 is 0 Å². The van der Waals surface area contributed by atoms with Crippen LogP contribution in [0.1, 0.15) is 6.42 Å². The van der Waals surface area contributed by atoms with Crippen LogP contribution in [0.5, 0.6) is 0 Å². The SMILES string of the molecule is CN(C)CCCSC(=N)N(C)C. The summed E-state index contributed by atoms with van der Waals surface area (Å²) in [5.41, 5.74) is 0. The van der Waals surface area contributed by atoms with Gasteiger partial charge in [0.15, 0.2) is 5.17 Å². The van der Waals surface area contributed by atoms with Gasteiger partial charge in [0, 0.05) is 19.8 Å². The van der Waals surface area contributed by atoms with Gasteiger partial charge in [-0.15, -0.1) is 0 Å². The third-order valence-corrected chi connectivity index (χ3v) is 2.53. The van der Waals surface area contributed by atoms with E-state index in [0.29, 0.717) is 5.17 Å². The second kappa shape index (κ2) is 6.31. The molecule has 0 aromatic rings. The summed E-state index contributed by atoms with van der Waals surface area (Å²) in [5, 5.41) is 8.15. The zero-order valence-electron chi connectivity index (χ0n) is 8.42. The van der Waals surface area contributed by atoms with Crippen LogP contribution in [-0.2, 0) is 0 Å². The first-order valence-corrected chi connectivity index (χ1v) is 5.06. The molecule has 0 aliphatic carbocycles. The maximum Gasteiger partial charge on any atom is 0.155 e. The lowest BCUT2D eigenvalue weighted by molar-refractivity contribution is 0.410. The van der Waals surface area contributed by atoms with E-state index in [0.717, 1.165) is 18.7 Å². The molecular formula is C8H19N3S. The quantitative estimate of drug-likeness (QED) is 0.409. The molecular weight excluding hydrogens is 170 g/mol. The van der Waals surface area contributed by atoms with Gasteiger partial charge in [0.2, 0.25) is 0 Å². The first-order chi connectivity index (χ1) is 5.54. The zero-order valence-corrected chi connectivity index (χ0v) is 9.24. The lowest BCUT2D eigenvalue weighted by Gasteiger charge is -2.13. The smallest absolute Gasteiger partial charge is 0.155 e. The van der Waals surface area contributed by atoms with E-state index in [2.05, 4.69) is 19.0 Å². The molecule has 0 saturated heterocycles. The summed E-state index contributed by atoms with van der Waals surface area (Å²) in [6.07, 6.45) is 1.15. The van der Waals surface area contributed by atoms with Crippen LogP contribution in [0, 0.1) is 5.41 Å². The third-order valence-electron chi connectivity index (χ3n) is 1.39. The van der Waals surface area contributed by atoms with Crippen molar-refractivity contribution in [1.29, 1.82) is 5.41 Å². The van der Waals surface area contributed by atoms with Crippen molar-refractivity contribution in [3.05, 3.63) is 0 Å². The number of amidine groups is 1. The number of hydrogen-bond donors (Lipinski definition) is 1. The average molecular weight is 189 g/mol. The summed E-state index contributed by atoms with van der Waals surface area (Å²) in [6, 6.07) is 0. The molecule has 0 bridgehead atoms. The summed E-state index contributed by atoms with van der Waals surface area (Å²) < 4.78 is 0. The Kier molecular flexibility index (Phi) is 6.20. The van der Waals surface area contributed by atoms with Crippen LogP contribution in [0.4, 0.5) is 0 Å². The Morgan fingerprint density at radius 1 is 1.25 bits per heavy atom. The molecule has 72 valence electrons. The van der Waals surface area contributed by atoms with E-state index in [1.54, 1.807) is 11.8 Å². The van der Waals surface area contributed by atoms with E-state index in [1.165, 1.54) is 0 Å². The summed E-state index contributed by atoms with van der Waals surface area (Å²) in [7, 11) is 7.95.